The van der Waals surface area contributed by atoms with E-state index in [2.05, 4.69) is 18.7 Å². The molecule has 370 valence electrons. The number of nitrogens with zero attached hydrogens (tertiary/aromatic N) is 2. The minimum atomic E-state index is -1.51. The van der Waals surface area contributed by atoms with Crippen molar-refractivity contribution < 1.29 is 58.1 Å². The third kappa shape index (κ3) is 13.0. The highest BCUT2D eigenvalue weighted by Gasteiger charge is 2.65. The Morgan fingerprint density at radius 1 is 0.912 bits per heavy atom. The first-order chi connectivity index (χ1) is 33.4. The van der Waals surface area contributed by atoms with E-state index in [0.29, 0.717) is 55.4 Å². The maximum absolute atomic E-state index is 14.8. The lowest BCUT2D eigenvalue weighted by atomic mass is 9.55. The molecule has 2 aliphatic heterocycles. The Hall–Kier alpha value is -4.45. The number of rotatable bonds is 27. The smallest absolute Gasteiger partial charge is 0.410 e. The van der Waals surface area contributed by atoms with Gasteiger partial charge in [-0.3, -0.25) is 4.90 Å². The van der Waals surface area contributed by atoms with E-state index in [0.717, 1.165) is 60.1 Å². The van der Waals surface area contributed by atoms with Gasteiger partial charge in [0.15, 0.2) is 0 Å². The first kappa shape index (κ1) is 51.4. The average Bonchev–Trinajstić information content (AvgIpc) is 3.37. The molecule has 3 aromatic carbocycles. The number of ether oxygens (including phenoxy) is 7. The van der Waals surface area contributed by atoms with Gasteiger partial charge in [-0.25, -0.2) is 4.79 Å². The predicted octanol–water partition coefficient (Wildman–Crippen LogP) is 9.03. The molecule has 1 saturated heterocycles. The highest BCUT2D eigenvalue weighted by Crippen LogP contribution is 2.62. The van der Waals surface area contributed by atoms with E-state index < -0.39 is 30.1 Å². The number of carbonyl (C=O) groups excluding carboxylic acids is 1. The van der Waals surface area contributed by atoms with Crippen molar-refractivity contribution in [2.45, 2.75) is 99.7 Å². The van der Waals surface area contributed by atoms with Crippen molar-refractivity contribution in [3.8, 4) is 17.2 Å². The summed E-state index contributed by atoms with van der Waals surface area (Å²) in [4.78, 5) is 23.8. The molecule has 14 nitrogen and oxygen atoms in total. The normalized spacial score (nSPS) is 24.5. The van der Waals surface area contributed by atoms with E-state index in [1.807, 2.05) is 73.0 Å². The van der Waals surface area contributed by atoms with Crippen LogP contribution in [-0.4, -0.2) is 122 Å². The lowest BCUT2D eigenvalue weighted by Crippen LogP contribution is -2.70. The SMILES string of the molecule is C=CCO[C@@]12Oc3ccc(Oc4ccc(SC)cc4)cc3[C@H]3[C@H](CCCCO)[C@@H](CCCCO)C=C(C(=NOC4CCCCO4)C[C@@H]1N(CCOCCO)C(=O)OCCOCc1ccccc1)[C@H]32. The second-order valence-corrected chi connectivity index (χ2v) is 18.5. The molecule has 15 heteroatoms. The fraction of sp³-hybridized carbons (Fsp3) is 0.547. The summed E-state index contributed by atoms with van der Waals surface area (Å²) in [5.74, 6) is -0.333. The van der Waals surface area contributed by atoms with Crippen LogP contribution >= 0.6 is 11.8 Å². The van der Waals surface area contributed by atoms with Crippen molar-refractivity contribution in [2.75, 3.05) is 72.3 Å². The molecule has 1 amide bonds. The van der Waals surface area contributed by atoms with Crippen LogP contribution in [0.5, 0.6) is 17.2 Å². The van der Waals surface area contributed by atoms with Gasteiger partial charge < -0.3 is 53.3 Å². The van der Waals surface area contributed by atoms with Crippen LogP contribution in [-0.2, 0) is 35.1 Å². The molecule has 2 fully saturated rings. The second kappa shape index (κ2) is 26.5. The molecule has 7 atom stereocenters. The number of unbranched alkanes of at least 4 members (excludes halogenated alkanes) is 2. The number of allylic oxidation sites excluding steroid dienone is 1. The van der Waals surface area contributed by atoms with E-state index in [9.17, 15) is 20.1 Å². The molecule has 7 rings (SSSR count). The summed E-state index contributed by atoms with van der Waals surface area (Å²) in [5.41, 5.74) is 3.49. The number of thioether (sulfide) groups is 1. The largest absolute Gasteiger partial charge is 0.459 e. The molecular weight excluding hydrogens is 889 g/mol. The van der Waals surface area contributed by atoms with Crippen molar-refractivity contribution in [3.63, 3.8) is 0 Å². The minimum absolute atomic E-state index is 0.0112. The Labute approximate surface area is 405 Å². The molecule has 2 aliphatic carbocycles. The van der Waals surface area contributed by atoms with Crippen LogP contribution in [0.25, 0.3) is 0 Å². The maximum atomic E-state index is 14.8. The van der Waals surface area contributed by atoms with Crippen LogP contribution in [0.2, 0.25) is 0 Å². The fourth-order valence-electron chi connectivity index (χ4n) is 10.1. The summed E-state index contributed by atoms with van der Waals surface area (Å²) < 4.78 is 44.9. The number of fused-ring (bicyclic) bond motifs is 2. The molecule has 3 aromatic rings. The van der Waals surface area contributed by atoms with Crippen LogP contribution in [0.15, 0.2) is 107 Å². The summed E-state index contributed by atoms with van der Waals surface area (Å²) in [5, 5.41) is 34.6. The maximum Gasteiger partial charge on any atom is 0.410 e. The first-order valence-corrected chi connectivity index (χ1v) is 25.6. The molecule has 0 aromatic heterocycles. The van der Waals surface area contributed by atoms with Crippen molar-refractivity contribution in [1.29, 1.82) is 0 Å². The van der Waals surface area contributed by atoms with Crippen molar-refractivity contribution in [3.05, 3.63) is 108 Å². The van der Waals surface area contributed by atoms with Gasteiger partial charge >= 0.3 is 6.09 Å². The van der Waals surface area contributed by atoms with Crippen LogP contribution in [0.3, 0.4) is 0 Å². The van der Waals surface area contributed by atoms with Gasteiger partial charge in [-0.05, 0) is 110 Å². The zero-order valence-corrected chi connectivity index (χ0v) is 40.2. The number of aliphatic hydroxyl groups is 3. The molecule has 0 radical (unpaired) electrons. The van der Waals surface area contributed by atoms with Crippen molar-refractivity contribution in [1.82, 2.24) is 4.90 Å². The Morgan fingerprint density at radius 3 is 2.44 bits per heavy atom. The van der Waals surface area contributed by atoms with Gasteiger partial charge in [0.05, 0.1) is 57.9 Å². The Morgan fingerprint density at radius 2 is 1.71 bits per heavy atom. The Bertz CT molecular complexity index is 2080. The second-order valence-electron chi connectivity index (χ2n) is 17.6. The van der Waals surface area contributed by atoms with E-state index in [4.69, 9.17) is 43.2 Å². The number of hydrogen-bond acceptors (Lipinski definition) is 14. The average molecular weight is 959 g/mol. The van der Waals surface area contributed by atoms with Gasteiger partial charge in [-0.1, -0.05) is 60.5 Å². The molecule has 4 aliphatic rings. The van der Waals surface area contributed by atoms with Gasteiger partial charge in [0, 0.05) is 49.0 Å². The molecule has 0 bridgehead atoms. The number of hydrogen-bond donors (Lipinski definition) is 3. The highest BCUT2D eigenvalue weighted by molar-refractivity contribution is 7.98. The van der Waals surface area contributed by atoms with Crippen LogP contribution in [0.1, 0.15) is 81.3 Å². The van der Waals surface area contributed by atoms with Crippen molar-refractivity contribution >= 4 is 23.6 Å². The van der Waals surface area contributed by atoms with Gasteiger partial charge in [0.25, 0.3) is 0 Å². The summed E-state index contributed by atoms with van der Waals surface area (Å²) >= 11 is 1.66. The zero-order valence-electron chi connectivity index (χ0n) is 39.4. The van der Waals surface area contributed by atoms with Gasteiger partial charge in [0.1, 0.15) is 29.9 Å². The van der Waals surface area contributed by atoms with E-state index in [1.165, 1.54) is 0 Å². The number of carbonyl (C=O) groups is 1. The van der Waals surface area contributed by atoms with Crippen molar-refractivity contribution in [2.24, 2.45) is 22.9 Å². The molecule has 3 N–H and O–H groups in total. The Kier molecular flexibility index (Phi) is 20.0. The summed E-state index contributed by atoms with van der Waals surface area (Å²) in [6.45, 7) is 5.48. The van der Waals surface area contributed by atoms with E-state index in [-0.39, 0.29) is 83.6 Å². The van der Waals surface area contributed by atoms with Crippen LogP contribution in [0, 0.1) is 17.8 Å². The van der Waals surface area contributed by atoms with Gasteiger partial charge in [-0.2, -0.15) is 0 Å². The third-order valence-corrected chi connectivity index (χ3v) is 14.0. The van der Waals surface area contributed by atoms with Gasteiger partial charge in [-0.15, -0.1) is 18.3 Å². The van der Waals surface area contributed by atoms with Crippen LogP contribution in [0.4, 0.5) is 4.79 Å². The zero-order chi connectivity index (χ0) is 47.6. The number of aliphatic hydroxyl groups excluding tert-OH is 3. The summed E-state index contributed by atoms with van der Waals surface area (Å²) in [6.07, 6.45) is 12.1. The minimum Gasteiger partial charge on any atom is -0.459 e. The van der Waals surface area contributed by atoms with E-state index in [1.54, 1.807) is 22.7 Å². The third-order valence-electron chi connectivity index (χ3n) is 13.2. The molecule has 1 saturated carbocycles. The summed E-state index contributed by atoms with van der Waals surface area (Å²) in [6, 6.07) is 22.8. The molecule has 1 unspecified atom stereocenters. The molecule has 68 heavy (non-hydrogen) atoms. The molecule has 2 heterocycles. The first-order valence-electron chi connectivity index (χ1n) is 24.3. The fourth-order valence-corrected chi connectivity index (χ4v) is 10.6. The predicted molar refractivity (Wildman–Crippen MR) is 260 cm³/mol. The Balaban J connectivity index is 1.35. The molecular formula is C53H70N2O12S. The standard InChI is InChI=1S/C53H70N2O12S/c1-3-28-64-53-48(55(24-30-60-31-27-58)52(59)63-33-32-61-37-38-13-5-4-6-14-38)36-46(54-67-49-17-9-12-29-62-49)44-34-39(15-7-10-25-56)43(16-8-11-26-57)50(51(44)53)45-35-41(20-23-47(45)66-53)65-40-18-21-42(68-2)22-19-40/h3-6,13-14,18-23,34-35,39,43,48-51,56-58H,1,7-12,15-17,24-33,36-37H2,2H3/t39-,43+,48-,49?,50+,51+,53+/m0/s1. The van der Waals surface area contributed by atoms with Gasteiger partial charge in [0.2, 0.25) is 12.1 Å². The number of oxime groups is 1. The summed E-state index contributed by atoms with van der Waals surface area (Å²) in [7, 11) is 0. The topological polar surface area (TPSA) is 167 Å². The monoisotopic (exact) mass is 958 g/mol. The number of amides is 1. The van der Waals surface area contributed by atoms with E-state index >= 15 is 0 Å². The number of benzene rings is 3. The van der Waals surface area contributed by atoms with Crippen LogP contribution < -0.4 is 9.47 Å². The molecule has 0 spiro atoms. The lowest BCUT2D eigenvalue weighted by Gasteiger charge is -2.59. The highest BCUT2D eigenvalue weighted by atomic mass is 32.2. The lowest BCUT2D eigenvalue weighted by molar-refractivity contribution is -0.256. The quantitative estimate of drug-likeness (QED) is 0.0287.